The van der Waals surface area contributed by atoms with Gasteiger partial charge in [-0.25, -0.2) is 4.39 Å². The zero-order valence-electron chi connectivity index (χ0n) is 16.7. The number of amides is 1. The van der Waals surface area contributed by atoms with Gasteiger partial charge in [0.05, 0.1) is 11.8 Å². The van der Waals surface area contributed by atoms with Crippen molar-refractivity contribution in [3.05, 3.63) is 30.1 Å². The number of aliphatic hydroxyl groups is 1. The molecule has 0 unspecified atom stereocenters. The summed E-state index contributed by atoms with van der Waals surface area (Å²) < 4.78 is 14.0. The lowest BCUT2D eigenvalue weighted by atomic mass is 9.90. The Balaban J connectivity index is 1.52. The lowest BCUT2D eigenvalue weighted by Crippen LogP contribution is -2.59. The molecule has 2 heterocycles. The Morgan fingerprint density at radius 2 is 1.81 bits per heavy atom. The minimum absolute atomic E-state index is 0.0398. The number of likely N-dealkylation sites (tertiary alicyclic amines) is 1. The van der Waals surface area contributed by atoms with Gasteiger partial charge in [0.2, 0.25) is 5.91 Å². The van der Waals surface area contributed by atoms with Gasteiger partial charge in [0.25, 0.3) is 0 Å². The summed E-state index contributed by atoms with van der Waals surface area (Å²) in [4.78, 5) is 18.6. The number of aliphatic hydroxyl groups excluding tert-OH is 1. The van der Waals surface area contributed by atoms with E-state index in [1.807, 2.05) is 17.0 Å². The van der Waals surface area contributed by atoms with Crippen LogP contribution < -0.4 is 4.90 Å². The highest BCUT2D eigenvalue weighted by atomic mass is 19.1. The van der Waals surface area contributed by atoms with Crippen molar-refractivity contribution in [1.29, 1.82) is 0 Å². The minimum atomic E-state index is -0.525. The van der Waals surface area contributed by atoms with Crippen molar-refractivity contribution in [3.8, 4) is 0 Å². The highest BCUT2D eigenvalue weighted by Crippen LogP contribution is 2.25. The first-order valence-corrected chi connectivity index (χ1v) is 9.94. The molecule has 27 heavy (non-hydrogen) atoms. The molecule has 0 aliphatic carbocycles. The standard InChI is InChI=1S/C21H32FN3O2/c1-21(2,3)14-20(27)25-9-8-18(19(26)15-25)24-12-10-23(11-13-24)17-7-5-4-6-16(17)22/h4-7,18-19,26H,8-15H2,1-3H3/t18-,19-/m1/s1. The topological polar surface area (TPSA) is 47.0 Å². The number of hydrogen-bond acceptors (Lipinski definition) is 4. The Morgan fingerprint density at radius 1 is 1.15 bits per heavy atom. The van der Waals surface area contributed by atoms with Crippen LogP contribution in [0.3, 0.4) is 0 Å². The van der Waals surface area contributed by atoms with E-state index in [0.29, 0.717) is 25.2 Å². The summed E-state index contributed by atoms with van der Waals surface area (Å²) in [6, 6.07) is 6.96. The van der Waals surface area contributed by atoms with Crippen LogP contribution in [0.2, 0.25) is 0 Å². The molecule has 2 atom stereocenters. The van der Waals surface area contributed by atoms with Gasteiger partial charge in [-0.15, -0.1) is 0 Å². The maximum Gasteiger partial charge on any atom is 0.223 e. The van der Waals surface area contributed by atoms with Gasteiger partial charge in [0.1, 0.15) is 5.82 Å². The maximum absolute atomic E-state index is 14.0. The van der Waals surface area contributed by atoms with Gasteiger partial charge in [-0.3, -0.25) is 9.69 Å². The zero-order valence-corrected chi connectivity index (χ0v) is 16.7. The van der Waals surface area contributed by atoms with Crippen molar-refractivity contribution < 1.29 is 14.3 Å². The highest BCUT2D eigenvalue weighted by Gasteiger charge is 2.36. The number of rotatable bonds is 3. The third-order valence-corrected chi connectivity index (χ3v) is 5.56. The molecule has 1 N–H and O–H groups in total. The van der Waals surface area contributed by atoms with E-state index in [-0.39, 0.29) is 23.2 Å². The fraction of sp³-hybridized carbons (Fsp3) is 0.667. The number of carbonyl (C=O) groups excluding carboxylic acids is 1. The molecule has 2 aliphatic heterocycles. The normalized spacial score (nSPS) is 24.9. The lowest BCUT2D eigenvalue weighted by molar-refractivity contribution is -0.138. The van der Waals surface area contributed by atoms with E-state index < -0.39 is 6.10 Å². The molecule has 1 aromatic carbocycles. The van der Waals surface area contributed by atoms with Crippen LogP contribution in [0.1, 0.15) is 33.6 Å². The van der Waals surface area contributed by atoms with Crippen LogP contribution in [0.4, 0.5) is 10.1 Å². The summed E-state index contributed by atoms with van der Waals surface area (Å²) in [5, 5.41) is 10.7. The molecule has 1 amide bonds. The van der Waals surface area contributed by atoms with Crippen molar-refractivity contribution in [1.82, 2.24) is 9.80 Å². The molecule has 1 aromatic rings. The molecule has 0 saturated carbocycles. The summed E-state index contributed by atoms with van der Waals surface area (Å²) in [6.45, 7) is 10.4. The number of nitrogens with zero attached hydrogens (tertiary/aromatic N) is 3. The lowest BCUT2D eigenvalue weighted by Gasteiger charge is -2.45. The predicted molar refractivity (Wildman–Crippen MR) is 105 cm³/mol. The number of piperazine rings is 1. The van der Waals surface area contributed by atoms with Gasteiger partial charge < -0.3 is 14.9 Å². The molecule has 0 radical (unpaired) electrons. The Bertz CT molecular complexity index is 653. The number of β-amino-alcohol motifs (C(OH)–C–C–N with tert-alkyl or cyclic N) is 1. The molecule has 2 fully saturated rings. The zero-order chi connectivity index (χ0) is 19.6. The molecule has 0 spiro atoms. The minimum Gasteiger partial charge on any atom is -0.390 e. The van der Waals surface area contributed by atoms with E-state index in [4.69, 9.17) is 0 Å². The van der Waals surface area contributed by atoms with Gasteiger partial charge in [0.15, 0.2) is 0 Å². The second-order valence-electron chi connectivity index (χ2n) is 8.97. The van der Waals surface area contributed by atoms with Crippen LogP contribution in [-0.2, 0) is 4.79 Å². The van der Waals surface area contributed by atoms with E-state index >= 15 is 0 Å². The maximum atomic E-state index is 14.0. The second-order valence-corrected chi connectivity index (χ2v) is 8.97. The Kier molecular flexibility index (Phi) is 6.06. The molecular weight excluding hydrogens is 345 g/mol. The first-order valence-electron chi connectivity index (χ1n) is 9.94. The third kappa shape index (κ3) is 4.99. The SMILES string of the molecule is CC(C)(C)CC(=O)N1CC[C@@H](N2CCN(c3ccccc3F)CC2)[C@H](O)C1. The largest absolute Gasteiger partial charge is 0.390 e. The van der Waals surface area contributed by atoms with Crippen LogP contribution in [0, 0.1) is 11.2 Å². The number of benzene rings is 1. The van der Waals surface area contributed by atoms with Crippen molar-refractivity contribution in [2.24, 2.45) is 5.41 Å². The van der Waals surface area contributed by atoms with E-state index in [1.165, 1.54) is 6.07 Å². The quantitative estimate of drug-likeness (QED) is 0.878. The van der Waals surface area contributed by atoms with Crippen LogP contribution in [0.25, 0.3) is 0 Å². The third-order valence-electron chi connectivity index (χ3n) is 5.56. The molecule has 0 aromatic heterocycles. The Labute approximate surface area is 161 Å². The molecular formula is C21H32FN3O2. The Morgan fingerprint density at radius 3 is 2.41 bits per heavy atom. The van der Waals surface area contributed by atoms with E-state index in [2.05, 4.69) is 30.6 Å². The number of hydrogen-bond donors (Lipinski definition) is 1. The summed E-state index contributed by atoms with van der Waals surface area (Å²) >= 11 is 0. The van der Waals surface area contributed by atoms with Gasteiger partial charge in [-0.2, -0.15) is 0 Å². The molecule has 0 bridgehead atoms. The number of anilines is 1. The summed E-state index contributed by atoms with van der Waals surface area (Å²) in [5.74, 6) is -0.0546. The average molecular weight is 378 g/mol. The summed E-state index contributed by atoms with van der Waals surface area (Å²) in [5.41, 5.74) is 0.613. The van der Waals surface area contributed by atoms with E-state index in [0.717, 1.165) is 32.6 Å². The molecule has 5 nitrogen and oxygen atoms in total. The smallest absolute Gasteiger partial charge is 0.223 e. The van der Waals surface area contributed by atoms with Crippen LogP contribution in [-0.4, -0.2) is 72.2 Å². The Hall–Kier alpha value is -1.66. The van der Waals surface area contributed by atoms with Crippen LogP contribution >= 0.6 is 0 Å². The average Bonchev–Trinajstić information content (AvgIpc) is 2.61. The number of para-hydroxylation sites is 1. The van der Waals surface area contributed by atoms with Gasteiger partial charge in [0, 0.05) is 51.7 Å². The number of halogens is 1. The van der Waals surface area contributed by atoms with E-state index in [9.17, 15) is 14.3 Å². The highest BCUT2D eigenvalue weighted by molar-refractivity contribution is 5.77. The van der Waals surface area contributed by atoms with Gasteiger partial charge >= 0.3 is 0 Å². The van der Waals surface area contributed by atoms with Crippen molar-refractivity contribution in [3.63, 3.8) is 0 Å². The number of carbonyl (C=O) groups is 1. The second kappa shape index (κ2) is 8.15. The van der Waals surface area contributed by atoms with Crippen LogP contribution in [0.15, 0.2) is 24.3 Å². The fourth-order valence-corrected chi connectivity index (χ4v) is 4.14. The summed E-state index contributed by atoms with van der Waals surface area (Å²) in [7, 11) is 0. The molecule has 6 heteroatoms. The molecule has 3 rings (SSSR count). The number of piperidine rings is 1. The van der Waals surface area contributed by atoms with Gasteiger partial charge in [-0.05, 0) is 24.0 Å². The fourth-order valence-electron chi connectivity index (χ4n) is 4.14. The molecule has 2 saturated heterocycles. The predicted octanol–water partition coefficient (Wildman–Crippen LogP) is 2.35. The van der Waals surface area contributed by atoms with Crippen molar-refractivity contribution >= 4 is 11.6 Å². The monoisotopic (exact) mass is 377 g/mol. The molecule has 150 valence electrons. The van der Waals surface area contributed by atoms with E-state index in [1.54, 1.807) is 6.07 Å². The summed E-state index contributed by atoms with van der Waals surface area (Å²) in [6.07, 6.45) is 0.769. The van der Waals surface area contributed by atoms with Crippen molar-refractivity contribution in [2.45, 2.75) is 45.8 Å². The molecule has 2 aliphatic rings. The van der Waals surface area contributed by atoms with Crippen LogP contribution in [0.5, 0.6) is 0 Å². The first kappa shape index (κ1) is 20.1. The van der Waals surface area contributed by atoms with Gasteiger partial charge in [-0.1, -0.05) is 32.9 Å². The first-order chi connectivity index (χ1) is 12.7. The van der Waals surface area contributed by atoms with Crippen molar-refractivity contribution in [2.75, 3.05) is 44.2 Å².